The van der Waals surface area contributed by atoms with Crippen molar-refractivity contribution in [1.82, 2.24) is 0 Å². The van der Waals surface area contributed by atoms with E-state index in [9.17, 15) is 13.2 Å². The quantitative estimate of drug-likeness (QED) is 0.792. The Hall–Kier alpha value is -0.910. The highest BCUT2D eigenvalue weighted by molar-refractivity contribution is 9.08. The molecule has 0 aromatic heterocycles. The van der Waals surface area contributed by atoms with Crippen LogP contribution in [0.2, 0.25) is 0 Å². The highest BCUT2D eigenvalue weighted by Gasteiger charge is 2.28. The minimum atomic E-state index is -4.33. The second kappa shape index (κ2) is 5.43. The Kier molecular flexibility index (Phi) is 4.46. The molecule has 0 atom stereocenters. The first-order valence-corrected chi connectivity index (χ1v) is 5.51. The van der Waals surface area contributed by atoms with Gasteiger partial charge >= 0.3 is 6.18 Å². The standard InChI is InChI=1S/C10H10BrF3O2/c1-15-8-2-3-9(7(4-8)5-11)16-6-10(12,13)14/h2-4H,5-6H2,1H3. The predicted octanol–water partition coefficient (Wildman–Crippen LogP) is 3.53. The minimum absolute atomic E-state index is 0.204. The summed E-state index contributed by atoms with van der Waals surface area (Å²) in [5, 5.41) is 0.400. The van der Waals surface area contributed by atoms with Crippen LogP contribution in [0, 0.1) is 0 Å². The molecule has 1 aromatic carbocycles. The van der Waals surface area contributed by atoms with Crippen LogP contribution in [0.15, 0.2) is 18.2 Å². The van der Waals surface area contributed by atoms with Crippen molar-refractivity contribution < 1.29 is 22.6 Å². The number of methoxy groups -OCH3 is 1. The molecule has 1 aromatic rings. The first-order valence-electron chi connectivity index (χ1n) is 4.38. The summed E-state index contributed by atoms with van der Waals surface area (Å²) in [5.74, 6) is 0.781. The van der Waals surface area contributed by atoms with E-state index < -0.39 is 12.8 Å². The molecule has 0 N–H and O–H groups in total. The van der Waals surface area contributed by atoms with Gasteiger partial charge in [-0.15, -0.1) is 0 Å². The van der Waals surface area contributed by atoms with Crippen LogP contribution < -0.4 is 9.47 Å². The van der Waals surface area contributed by atoms with Gasteiger partial charge in [0.15, 0.2) is 6.61 Å². The lowest BCUT2D eigenvalue weighted by atomic mass is 10.2. The third-order valence-electron chi connectivity index (χ3n) is 1.80. The van der Waals surface area contributed by atoms with Crippen molar-refractivity contribution in [3.63, 3.8) is 0 Å². The van der Waals surface area contributed by atoms with Gasteiger partial charge in [-0.05, 0) is 18.2 Å². The maximum absolute atomic E-state index is 12.0. The molecular formula is C10H10BrF3O2. The van der Waals surface area contributed by atoms with Crippen LogP contribution in [-0.4, -0.2) is 19.9 Å². The van der Waals surface area contributed by atoms with E-state index in [2.05, 4.69) is 20.7 Å². The second-order valence-corrected chi connectivity index (χ2v) is 3.57. The predicted molar refractivity (Wildman–Crippen MR) is 57.2 cm³/mol. The average molecular weight is 299 g/mol. The summed E-state index contributed by atoms with van der Waals surface area (Å²) in [6, 6.07) is 4.64. The van der Waals surface area contributed by atoms with E-state index in [-0.39, 0.29) is 5.75 Å². The third kappa shape index (κ3) is 3.92. The molecule has 0 amide bonds. The van der Waals surface area contributed by atoms with Crippen LogP contribution in [0.4, 0.5) is 13.2 Å². The lowest BCUT2D eigenvalue weighted by Crippen LogP contribution is -2.19. The molecule has 0 saturated heterocycles. The van der Waals surface area contributed by atoms with E-state index in [4.69, 9.17) is 4.74 Å². The van der Waals surface area contributed by atoms with E-state index in [1.807, 2.05) is 0 Å². The molecular weight excluding hydrogens is 289 g/mol. The van der Waals surface area contributed by atoms with Gasteiger partial charge in [0, 0.05) is 10.9 Å². The van der Waals surface area contributed by atoms with Crippen molar-refractivity contribution >= 4 is 15.9 Å². The Balaban J connectivity index is 2.79. The van der Waals surface area contributed by atoms with Crippen LogP contribution in [0.1, 0.15) is 5.56 Å². The molecule has 0 radical (unpaired) electrons. The summed E-state index contributed by atoms with van der Waals surface area (Å²) in [6.45, 7) is -1.29. The Bertz CT molecular complexity index is 352. The normalized spacial score (nSPS) is 11.3. The van der Waals surface area contributed by atoms with Gasteiger partial charge in [0.05, 0.1) is 7.11 Å². The first-order chi connectivity index (χ1) is 7.46. The van der Waals surface area contributed by atoms with Crippen molar-refractivity contribution in [3.8, 4) is 11.5 Å². The van der Waals surface area contributed by atoms with Crippen molar-refractivity contribution in [3.05, 3.63) is 23.8 Å². The van der Waals surface area contributed by atoms with Crippen molar-refractivity contribution in [2.75, 3.05) is 13.7 Å². The molecule has 0 saturated carbocycles. The largest absolute Gasteiger partial charge is 0.497 e. The molecule has 0 aliphatic carbocycles. The van der Waals surface area contributed by atoms with Gasteiger partial charge in [0.2, 0.25) is 0 Å². The molecule has 0 aliphatic heterocycles. The third-order valence-corrected chi connectivity index (χ3v) is 2.41. The Morgan fingerprint density at radius 2 is 2.00 bits per heavy atom. The van der Waals surface area contributed by atoms with Crippen molar-refractivity contribution in [1.29, 1.82) is 0 Å². The van der Waals surface area contributed by atoms with Gasteiger partial charge in [0.1, 0.15) is 11.5 Å². The van der Waals surface area contributed by atoms with Gasteiger partial charge in [-0.2, -0.15) is 13.2 Å². The topological polar surface area (TPSA) is 18.5 Å². The zero-order valence-corrected chi connectivity index (χ0v) is 10.1. The molecule has 90 valence electrons. The van der Waals surface area contributed by atoms with Crippen molar-refractivity contribution in [2.45, 2.75) is 11.5 Å². The zero-order valence-electron chi connectivity index (χ0n) is 8.47. The fourth-order valence-corrected chi connectivity index (χ4v) is 1.53. The number of halogens is 4. The molecule has 0 heterocycles. The molecule has 0 spiro atoms. The maximum Gasteiger partial charge on any atom is 0.422 e. The van der Waals surface area contributed by atoms with E-state index in [0.29, 0.717) is 16.6 Å². The van der Waals surface area contributed by atoms with Crippen LogP contribution in [0.5, 0.6) is 11.5 Å². The van der Waals surface area contributed by atoms with Gasteiger partial charge in [-0.3, -0.25) is 0 Å². The van der Waals surface area contributed by atoms with Crippen LogP contribution >= 0.6 is 15.9 Å². The second-order valence-electron chi connectivity index (χ2n) is 3.01. The minimum Gasteiger partial charge on any atom is -0.497 e. The fraction of sp³-hybridized carbons (Fsp3) is 0.400. The molecule has 0 unspecified atom stereocenters. The van der Waals surface area contributed by atoms with Crippen LogP contribution in [0.3, 0.4) is 0 Å². The molecule has 16 heavy (non-hydrogen) atoms. The number of hydrogen-bond acceptors (Lipinski definition) is 2. The Morgan fingerprint density at radius 3 is 2.50 bits per heavy atom. The SMILES string of the molecule is COc1ccc(OCC(F)(F)F)c(CBr)c1. The number of benzene rings is 1. The summed E-state index contributed by atoms with van der Waals surface area (Å²) < 4.78 is 45.5. The zero-order chi connectivity index (χ0) is 12.2. The van der Waals surface area contributed by atoms with E-state index in [0.717, 1.165) is 0 Å². The molecule has 0 bridgehead atoms. The summed E-state index contributed by atoms with van der Waals surface area (Å²) in [5.41, 5.74) is 0.614. The number of alkyl halides is 4. The number of rotatable bonds is 4. The summed E-state index contributed by atoms with van der Waals surface area (Å²) in [4.78, 5) is 0. The Morgan fingerprint density at radius 1 is 1.31 bits per heavy atom. The first kappa shape index (κ1) is 13.2. The van der Waals surface area contributed by atoms with Crippen molar-refractivity contribution in [2.24, 2.45) is 0 Å². The monoisotopic (exact) mass is 298 g/mol. The molecule has 0 fully saturated rings. The number of hydrogen-bond donors (Lipinski definition) is 0. The maximum atomic E-state index is 12.0. The smallest absolute Gasteiger partial charge is 0.422 e. The van der Waals surface area contributed by atoms with Gasteiger partial charge in [-0.1, -0.05) is 15.9 Å². The number of ether oxygens (including phenoxy) is 2. The average Bonchev–Trinajstić information content (AvgIpc) is 2.25. The van der Waals surface area contributed by atoms with E-state index >= 15 is 0 Å². The van der Waals surface area contributed by atoms with Gasteiger partial charge in [-0.25, -0.2) is 0 Å². The lowest BCUT2D eigenvalue weighted by Gasteiger charge is -2.12. The van der Waals surface area contributed by atoms with Crippen LogP contribution in [-0.2, 0) is 5.33 Å². The summed E-state index contributed by atoms with van der Waals surface area (Å²) in [6.07, 6.45) is -4.33. The fourth-order valence-electron chi connectivity index (χ4n) is 1.09. The van der Waals surface area contributed by atoms with E-state index in [1.54, 1.807) is 12.1 Å². The molecule has 1 rings (SSSR count). The van der Waals surface area contributed by atoms with Crippen LogP contribution in [0.25, 0.3) is 0 Å². The molecule has 6 heteroatoms. The highest BCUT2D eigenvalue weighted by Crippen LogP contribution is 2.27. The van der Waals surface area contributed by atoms with Gasteiger partial charge in [0.25, 0.3) is 0 Å². The molecule has 0 aliphatic rings. The summed E-state index contributed by atoms with van der Waals surface area (Å²) in [7, 11) is 1.49. The highest BCUT2D eigenvalue weighted by atomic mass is 79.9. The Labute approximate surface area is 99.5 Å². The van der Waals surface area contributed by atoms with Gasteiger partial charge < -0.3 is 9.47 Å². The lowest BCUT2D eigenvalue weighted by molar-refractivity contribution is -0.153. The van der Waals surface area contributed by atoms with E-state index in [1.165, 1.54) is 13.2 Å². The molecule has 2 nitrogen and oxygen atoms in total. The summed E-state index contributed by atoms with van der Waals surface area (Å²) >= 11 is 3.18.